The van der Waals surface area contributed by atoms with Crippen LogP contribution in [0.4, 0.5) is 11.8 Å². The molecule has 0 unspecified atom stereocenters. The summed E-state index contributed by atoms with van der Waals surface area (Å²) in [6, 6.07) is 8.16. The molecule has 6 nitrogen and oxygen atoms in total. The quantitative estimate of drug-likeness (QED) is 0.725. The molecule has 0 saturated heterocycles. The van der Waals surface area contributed by atoms with Gasteiger partial charge in [-0.05, 0) is 42.9 Å². The molecule has 146 valence electrons. The predicted octanol–water partition coefficient (Wildman–Crippen LogP) is 2.83. The van der Waals surface area contributed by atoms with Gasteiger partial charge in [0.1, 0.15) is 5.82 Å². The topological polar surface area (TPSA) is 81.5 Å². The SMILES string of the molecule is Cc1cc(N2CCc3cc([C@@H](C)O)ccc3C2)nc(N[C@@H](CO)C(C)C)n1. The first kappa shape index (κ1) is 19.6. The van der Waals surface area contributed by atoms with Gasteiger partial charge in [-0.2, -0.15) is 4.98 Å². The number of aliphatic hydroxyl groups is 2. The van der Waals surface area contributed by atoms with Crippen LogP contribution in [0.3, 0.4) is 0 Å². The summed E-state index contributed by atoms with van der Waals surface area (Å²) >= 11 is 0. The van der Waals surface area contributed by atoms with Crippen molar-refractivity contribution in [3.05, 3.63) is 46.6 Å². The Hall–Kier alpha value is -2.18. The molecule has 1 aromatic heterocycles. The van der Waals surface area contributed by atoms with Crippen LogP contribution >= 0.6 is 0 Å². The number of rotatable bonds is 6. The van der Waals surface area contributed by atoms with Gasteiger partial charge < -0.3 is 20.4 Å². The molecular weight excluding hydrogens is 340 g/mol. The van der Waals surface area contributed by atoms with Crippen molar-refractivity contribution < 1.29 is 10.2 Å². The molecule has 0 fully saturated rings. The van der Waals surface area contributed by atoms with Gasteiger partial charge in [-0.25, -0.2) is 4.98 Å². The molecule has 0 spiro atoms. The van der Waals surface area contributed by atoms with Gasteiger partial charge in [0.25, 0.3) is 0 Å². The van der Waals surface area contributed by atoms with Gasteiger partial charge in [-0.1, -0.05) is 32.0 Å². The van der Waals surface area contributed by atoms with Crippen LogP contribution in [0.15, 0.2) is 24.3 Å². The fraction of sp³-hybridized carbons (Fsp3) is 0.524. The average Bonchev–Trinajstić information content (AvgIpc) is 2.64. The van der Waals surface area contributed by atoms with Gasteiger partial charge in [0.2, 0.25) is 5.95 Å². The van der Waals surface area contributed by atoms with Crippen LogP contribution in [0.25, 0.3) is 0 Å². The van der Waals surface area contributed by atoms with E-state index in [2.05, 4.69) is 41.2 Å². The van der Waals surface area contributed by atoms with Gasteiger partial charge in [0, 0.05) is 24.8 Å². The van der Waals surface area contributed by atoms with Crippen LogP contribution in [0.5, 0.6) is 0 Å². The van der Waals surface area contributed by atoms with Crippen molar-refractivity contribution in [1.29, 1.82) is 0 Å². The van der Waals surface area contributed by atoms with E-state index in [0.717, 1.165) is 36.6 Å². The lowest BCUT2D eigenvalue weighted by molar-refractivity contribution is 0.199. The summed E-state index contributed by atoms with van der Waals surface area (Å²) in [5.74, 6) is 1.75. The number of anilines is 2. The van der Waals surface area contributed by atoms with Crippen LogP contribution in [0, 0.1) is 12.8 Å². The fourth-order valence-electron chi connectivity index (χ4n) is 3.40. The number of aryl methyl sites for hydroxylation is 1. The number of fused-ring (bicyclic) bond motifs is 1. The molecule has 3 rings (SSSR count). The Morgan fingerprint density at radius 2 is 1.93 bits per heavy atom. The summed E-state index contributed by atoms with van der Waals surface area (Å²) in [5, 5.41) is 22.6. The zero-order valence-electron chi connectivity index (χ0n) is 16.6. The highest BCUT2D eigenvalue weighted by Gasteiger charge is 2.20. The largest absolute Gasteiger partial charge is 0.394 e. The van der Waals surface area contributed by atoms with Gasteiger partial charge in [0.05, 0.1) is 18.8 Å². The second-order valence-corrected chi connectivity index (χ2v) is 7.74. The van der Waals surface area contributed by atoms with Crippen molar-refractivity contribution in [2.24, 2.45) is 5.92 Å². The molecule has 1 aromatic carbocycles. The minimum absolute atomic E-state index is 0.0486. The third kappa shape index (κ3) is 4.57. The molecule has 0 amide bonds. The first-order chi connectivity index (χ1) is 12.9. The normalized spacial score (nSPS) is 16.2. The molecule has 2 heterocycles. The van der Waals surface area contributed by atoms with Crippen molar-refractivity contribution in [3.63, 3.8) is 0 Å². The maximum atomic E-state index is 9.80. The maximum absolute atomic E-state index is 9.80. The first-order valence-corrected chi connectivity index (χ1v) is 9.65. The number of aromatic nitrogens is 2. The average molecular weight is 370 g/mol. The van der Waals surface area contributed by atoms with Gasteiger partial charge >= 0.3 is 0 Å². The maximum Gasteiger partial charge on any atom is 0.225 e. The van der Waals surface area contributed by atoms with E-state index in [1.165, 1.54) is 11.1 Å². The molecule has 0 aliphatic carbocycles. The van der Waals surface area contributed by atoms with Crippen LogP contribution in [0.2, 0.25) is 0 Å². The Bertz CT molecular complexity index is 792. The molecule has 2 atom stereocenters. The zero-order chi connectivity index (χ0) is 19.6. The van der Waals surface area contributed by atoms with Gasteiger partial charge in [0.15, 0.2) is 0 Å². The third-order valence-corrected chi connectivity index (χ3v) is 5.21. The Morgan fingerprint density at radius 3 is 2.59 bits per heavy atom. The second-order valence-electron chi connectivity index (χ2n) is 7.74. The molecule has 0 saturated carbocycles. The predicted molar refractivity (Wildman–Crippen MR) is 108 cm³/mol. The minimum Gasteiger partial charge on any atom is -0.394 e. The summed E-state index contributed by atoms with van der Waals surface area (Å²) < 4.78 is 0. The molecule has 3 N–H and O–H groups in total. The summed E-state index contributed by atoms with van der Waals surface area (Å²) in [6.45, 7) is 9.60. The zero-order valence-corrected chi connectivity index (χ0v) is 16.6. The Labute approximate surface area is 161 Å². The monoisotopic (exact) mass is 370 g/mol. The highest BCUT2D eigenvalue weighted by atomic mass is 16.3. The lowest BCUT2D eigenvalue weighted by Crippen LogP contribution is -2.33. The van der Waals surface area contributed by atoms with E-state index in [-0.39, 0.29) is 18.6 Å². The highest BCUT2D eigenvalue weighted by Crippen LogP contribution is 2.27. The lowest BCUT2D eigenvalue weighted by Gasteiger charge is -2.31. The van der Waals surface area contributed by atoms with Crippen LogP contribution < -0.4 is 10.2 Å². The van der Waals surface area contributed by atoms with Crippen molar-refractivity contribution in [2.45, 2.75) is 52.8 Å². The van der Waals surface area contributed by atoms with Gasteiger partial charge in [-0.15, -0.1) is 0 Å². The van der Waals surface area contributed by atoms with Crippen molar-refractivity contribution in [2.75, 3.05) is 23.4 Å². The molecule has 1 aliphatic heterocycles. The molecule has 27 heavy (non-hydrogen) atoms. The smallest absolute Gasteiger partial charge is 0.225 e. The lowest BCUT2D eigenvalue weighted by atomic mass is 9.96. The number of aliphatic hydroxyl groups excluding tert-OH is 2. The number of nitrogens with zero attached hydrogens (tertiary/aromatic N) is 3. The molecular formula is C21H30N4O2. The number of hydrogen-bond donors (Lipinski definition) is 3. The fourth-order valence-corrected chi connectivity index (χ4v) is 3.40. The number of benzene rings is 1. The molecule has 1 aliphatic rings. The molecule has 0 radical (unpaired) electrons. The van der Waals surface area contributed by atoms with E-state index < -0.39 is 6.10 Å². The van der Waals surface area contributed by atoms with E-state index in [1.807, 2.05) is 19.1 Å². The third-order valence-electron chi connectivity index (χ3n) is 5.21. The standard InChI is InChI=1S/C21H30N4O2/c1-13(2)19(12-26)23-21-22-14(3)9-20(24-21)25-8-7-17-10-16(15(4)27)5-6-18(17)11-25/h5-6,9-10,13,15,19,26-27H,7-8,11-12H2,1-4H3,(H,22,23,24)/t15-,19+/m1/s1. The van der Waals surface area contributed by atoms with E-state index in [9.17, 15) is 10.2 Å². The Balaban J connectivity index is 1.81. The first-order valence-electron chi connectivity index (χ1n) is 9.65. The van der Waals surface area contributed by atoms with Crippen LogP contribution in [-0.2, 0) is 13.0 Å². The second kappa shape index (κ2) is 8.23. The van der Waals surface area contributed by atoms with E-state index in [4.69, 9.17) is 4.98 Å². The van der Waals surface area contributed by atoms with E-state index >= 15 is 0 Å². The van der Waals surface area contributed by atoms with Gasteiger partial charge in [-0.3, -0.25) is 0 Å². The van der Waals surface area contributed by atoms with Crippen molar-refractivity contribution in [3.8, 4) is 0 Å². The summed E-state index contributed by atoms with van der Waals surface area (Å²) in [5.41, 5.74) is 4.44. The van der Waals surface area contributed by atoms with Crippen LogP contribution in [0.1, 0.15) is 49.3 Å². The van der Waals surface area contributed by atoms with E-state index in [1.54, 1.807) is 6.92 Å². The molecule has 0 bridgehead atoms. The Morgan fingerprint density at radius 1 is 1.15 bits per heavy atom. The van der Waals surface area contributed by atoms with Crippen molar-refractivity contribution in [1.82, 2.24) is 9.97 Å². The summed E-state index contributed by atoms with van der Waals surface area (Å²) in [6.07, 6.45) is 0.486. The number of hydrogen-bond acceptors (Lipinski definition) is 6. The summed E-state index contributed by atoms with van der Waals surface area (Å²) in [7, 11) is 0. The minimum atomic E-state index is -0.438. The Kier molecular flexibility index (Phi) is 5.97. The molecule has 2 aromatic rings. The molecule has 6 heteroatoms. The van der Waals surface area contributed by atoms with E-state index in [0.29, 0.717) is 5.95 Å². The summed E-state index contributed by atoms with van der Waals surface area (Å²) in [4.78, 5) is 11.4. The number of nitrogens with one attached hydrogen (secondary N) is 1. The highest BCUT2D eigenvalue weighted by molar-refractivity contribution is 5.49. The van der Waals surface area contributed by atoms with Crippen LogP contribution in [-0.4, -0.2) is 39.4 Å². The van der Waals surface area contributed by atoms with Crippen molar-refractivity contribution >= 4 is 11.8 Å².